The molecule has 0 saturated carbocycles. The van der Waals surface area contributed by atoms with Crippen molar-refractivity contribution in [3.05, 3.63) is 29.8 Å². The Labute approximate surface area is 125 Å². The molecule has 4 heteroatoms. The monoisotopic (exact) mass is 287 g/mol. The fraction of sp³-hybridized carbons (Fsp3) is 0.500. The van der Waals surface area contributed by atoms with E-state index in [1.807, 2.05) is 24.3 Å². The number of aliphatic imine (C=N–C) groups is 1. The lowest BCUT2D eigenvalue weighted by Gasteiger charge is -2.31. The maximum atomic E-state index is 8.67. The Morgan fingerprint density at radius 1 is 1.35 bits per heavy atom. The molecule has 20 heavy (non-hydrogen) atoms. The topological polar surface area (TPSA) is 48.2 Å². The normalized spacial score (nSPS) is 19.1. The van der Waals surface area contributed by atoms with Crippen LogP contribution in [0.3, 0.4) is 0 Å². The number of thioether (sulfide) groups is 1. The second kappa shape index (κ2) is 6.32. The van der Waals surface area contributed by atoms with E-state index in [2.05, 4.69) is 32.2 Å². The lowest BCUT2D eigenvalue weighted by atomic mass is 9.85. The Kier molecular flexibility index (Phi) is 4.72. The van der Waals surface area contributed by atoms with E-state index in [9.17, 15) is 0 Å². The van der Waals surface area contributed by atoms with Crippen LogP contribution in [0.1, 0.15) is 32.8 Å². The van der Waals surface area contributed by atoms with Crippen molar-refractivity contribution in [3.63, 3.8) is 0 Å². The van der Waals surface area contributed by atoms with Gasteiger partial charge in [-0.05, 0) is 29.5 Å². The number of nitriles is 1. The molecule has 1 atom stereocenters. The summed E-state index contributed by atoms with van der Waals surface area (Å²) in [6.07, 6.45) is 1.60. The molecule has 0 radical (unpaired) electrons. The number of anilines is 1. The highest BCUT2D eigenvalue weighted by atomic mass is 32.2. The van der Waals surface area contributed by atoms with Gasteiger partial charge >= 0.3 is 0 Å². The predicted octanol–water partition coefficient (Wildman–Crippen LogP) is 4.07. The zero-order valence-corrected chi connectivity index (χ0v) is 13.1. The van der Waals surface area contributed by atoms with Crippen LogP contribution in [0.2, 0.25) is 0 Å². The smallest absolute Gasteiger partial charge is 0.161 e. The lowest BCUT2D eigenvalue weighted by Crippen LogP contribution is -2.30. The lowest BCUT2D eigenvalue weighted by molar-refractivity contribution is 0.316. The van der Waals surface area contributed by atoms with Gasteiger partial charge in [-0.3, -0.25) is 4.99 Å². The Morgan fingerprint density at radius 3 is 2.65 bits per heavy atom. The number of benzene rings is 1. The van der Waals surface area contributed by atoms with Gasteiger partial charge in [0.15, 0.2) is 5.17 Å². The molecule has 0 saturated heterocycles. The summed E-state index contributed by atoms with van der Waals surface area (Å²) < 4.78 is 0. The third-order valence-corrected chi connectivity index (χ3v) is 4.31. The summed E-state index contributed by atoms with van der Waals surface area (Å²) in [7, 11) is 0. The Bertz CT molecular complexity index is 520. The quantitative estimate of drug-likeness (QED) is 0.892. The summed E-state index contributed by atoms with van der Waals surface area (Å²) >= 11 is 1.78. The van der Waals surface area contributed by atoms with Crippen LogP contribution >= 0.6 is 11.8 Å². The van der Waals surface area contributed by atoms with E-state index in [1.54, 1.807) is 11.8 Å². The van der Waals surface area contributed by atoms with Gasteiger partial charge in [-0.1, -0.05) is 44.7 Å². The summed E-state index contributed by atoms with van der Waals surface area (Å²) in [5.41, 5.74) is 2.29. The second-order valence-corrected chi connectivity index (χ2v) is 7.19. The highest BCUT2D eigenvalue weighted by molar-refractivity contribution is 8.14. The number of nitrogens with one attached hydrogen (secondary N) is 1. The first-order valence-electron chi connectivity index (χ1n) is 6.92. The summed E-state index contributed by atoms with van der Waals surface area (Å²) in [5, 5.41) is 13.1. The van der Waals surface area contributed by atoms with Crippen LogP contribution in [0.15, 0.2) is 29.3 Å². The van der Waals surface area contributed by atoms with Crippen molar-refractivity contribution in [2.75, 3.05) is 11.1 Å². The van der Waals surface area contributed by atoms with E-state index >= 15 is 0 Å². The van der Waals surface area contributed by atoms with Crippen molar-refractivity contribution < 1.29 is 0 Å². The van der Waals surface area contributed by atoms with Gasteiger partial charge in [-0.2, -0.15) is 5.26 Å². The molecule has 1 aliphatic heterocycles. The van der Waals surface area contributed by atoms with Crippen molar-refractivity contribution in [2.24, 2.45) is 10.4 Å². The van der Waals surface area contributed by atoms with E-state index < -0.39 is 0 Å². The average Bonchev–Trinajstić information content (AvgIpc) is 2.41. The van der Waals surface area contributed by atoms with Crippen LogP contribution in [0.4, 0.5) is 5.69 Å². The van der Waals surface area contributed by atoms with E-state index in [0.717, 1.165) is 28.6 Å². The molecule has 106 valence electrons. The summed E-state index contributed by atoms with van der Waals surface area (Å²) in [5.74, 6) is 1.11. The average molecular weight is 287 g/mol. The Balaban J connectivity index is 2.05. The number of nitrogens with zero attached hydrogens (tertiary/aromatic N) is 2. The van der Waals surface area contributed by atoms with Crippen LogP contribution < -0.4 is 5.32 Å². The first kappa shape index (κ1) is 14.9. The van der Waals surface area contributed by atoms with Gasteiger partial charge in [0.05, 0.1) is 18.5 Å². The van der Waals surface area contributed by atoms with Gasteiger partial charge in [0.25, 0.3) is 0 Å². The molecule has 1 aromatic rings. The van der Waals surface area contributed by atoms with Gasteiger partial charge in [-0.25, -0.2) is 0 Å². The zero-order valence-electron chi connectivity index (χ0n) is 12.3. The third-order valence-electron chi connectivity index (χ3n) is 3.39. The van der Waals surface area contributed by atoms with E-state index in [-0.39, 0.29) is 5.41 Å². The van der Waals surface area contributed by atoms with E-state index in [4.69, 9.17) is 10.3 Å². The maximum Gasteiger partial charge on any atom is 0.161 e. The van der Waals surface area contributed by atoms with Crippen molar-refractivity contribution >= 4 is 22.6 Å². The van der Waals surface area contributed by atoms with Crippen molar-refractivity contribution in [3.8, 4) is 6.07 Å². The van der Waals surface area contributed by atoms with Gasteiger partial charge in [-0.15, -0.1) is 0 Å². The molecule has 1 unspecified atom stereocenters. The minimum absolute atomic E-state index is 0.213. The molecule has 0 bridgehead atoms. The van der Waals surface area contributed by atoms with Crippen LogP contribution in [0, 0.1) is 16.7 Å². The highest BCUT2D eigenvalue weighted by Crippen LogP contribution is 2.31. The zero-order chi connectivity index (χ0) is 14.6. The number of rotatable bonds is 2. The summed E-state index contributed by atoms with van der Waals surface area (Å²) in [6.45, 7) is 6.72. The van der Waals surface area contributed by atoms with Crippen LogP contribution in [0.25, 0.3) is 0 Å². The molecule has 1 N–H and O–H groups in total. The first-order chi connectivity index (χ1) is 9.49. The van der Waals surface area contributed by atoms with E-state index in [0.29, 0.717) is 12.5 Å². The SMILES string of the molecule is CC(C)(C)C1CCSC(Nc2ccc(CC#N)cc2)=N1. The molecule has 0 aliphatic carbocycles. The number of amidine groups is 1. The largest absolute Gasteiger partial charge is 0.335 e. The fourth-order valence-electron chi connectivity index (χ4n) is 2.13. The molecule has 0 spiro atoms. The standard InChI is InChI=1S/C16H21N3S/c1-16(2,3)14-9-11-20-15(19-14)18-13-6-4-12(5-7-13)8-10-17/h4-7,14H,8-9,11H2,1-3H3,(H,18,19). The van der Waals surface area contributed by atoms with Crippen molar-refractivity contribution in [1.29, 1.82) is 5.26 Å². The predicted molar refractivity (Wildman–Crippen MR) is 87.1 cm³/mol. The van der Waals surface area contributed by atoms with Gasteiger partial charge in [0, 0.05) is 11.4 Å². The summed E-state index contributed by atoms with van der Waals surface area (Å²) in [6, 6.07) is 10.5. The first-order valence-corrected chi connectivity index (χ1v) is 7.91. The molecular weight excluding hydrogens is 266 g/mol. The maximum absolute atomic E-state index is 8.67. The minimum Gasteiger partial charge on any atom is -0.335 e. The molecule has 0 amide bonds. The third kappa shape index (κ3) is 4.01. The second-order valence-electron chi connectivity index (χ2n) is 6.11. The number of hydrogen-bond donors (Lipinski definition) is 1. The molecule has 1 aromatic carbocycles. The summed E-state index contributed by atoms with van der Waals surface area (Å²) in [4.78, 5) is 4.82. The van der Waals surface area contributed by atoms with Gasteiger partial charge in [0.1, 0.15) is 0 Å². The Morgan fingerprint density at radius 2 is 2.05 bits per heavy atom. The van der Waals surface area contributed by atoms with Crippen LogP contribution in [-0.2, 0) is 6.42 Å². The molecule has 1 heterocycles. The van der Waals surface area contributed by atoms with Crippen LogP contribution in [0.5, 0.6) is 0 Å². The fourth-order valence-corrected chi connectivity index (χ4v) is 3.05. The molecule has 1 aliphatic rings. The molecule has 2 rings (SSSR count). The van der Waals surface area contributed by atoms with Crippen molar-refractivity contribution in [2.45, 2.75) is 39.7 Å². The molecule has 3 nitrogen and oxygen atoms in total. The van der Waals surface area contributed by atoms with E-state index in [1.165, 1.54) is 0 Å². The highest BCUT2D eigenvalue weighted by Gasteiger charge is 2.27. The van der Waals surface area contributed by atoms with Crippen LogP contribution in [-0.4, -0.2) is 17.0 Å². The Hall–Kier alpha value is -1.47. The van der Waals surface area contributed by atoms with Crippen molar-refractivity contribution in [1.82, 2.24) is 0 Å². The number of hydrogen-bond acceptors (Lipinski definition) is 4. The van der Waals surface area contributed by atoms with Gasteiger partial charge in [0.2, 0.25) is 0 Å². The minimum atomic E-state index is 0.213. The molecule has 0 fully saturated rings. The van der Waals surface area contributed by atoms with Gasteiger partial charge < -0.3 is 5.32 Å². The molecule has 0 aromatic heterocycles. The molecular formula is C16H21N3S.